The van der Waals surface area contributed by atoms with Crippen molar-refractivity contribution in [3.8, 4) is 16.9 Å². The average molecular weight is 354 g/mol. The number of hydrogen-bond acceptors (Lipinski definition) is 3. The maximum Gasteiger partial charge on any atom is 0.138 e. The zero-order valence-electron chi connectivity index (χ0n) is 15.4. The molecule has 134 valence electrons. The van der Waals surface area contributed by atoms with Crippen molar-refractivity contribution in [3.05, 3.63) is 90.5 Å². The van der Waals surface area contributed by atoms with Crippen LogP contribution in [0.2, 0.25) is 0 Å². The molecule has 0 N–H and O–H groups in total. The number of nitrogens with zero attached hydrogens (tertiary/aromatic N) is 2. The molecule has 0 aliphatic rings. The first-order valence-corrected chi connectivity index (χ1v) is 9.25. The van der Waals surface area contributed by atoms with Crippen molar-refractivity contribution in [2.24, 2.45) is 0 Å². The highest BCUT2D eigenvalue weighted by Crippen LogP contribution is 2.26. The van der Waals surface area contributed by atoms with Crippen LogP contribution in [0.1, 0.15) is 17.5 Å². The van der Waals surface area contributed by atoms with Crippen molar-refractivity contribution in [1.82, 2.24) is 9.97 Å². The predicted molar refractivity (Wildman–Crippen MR) is 110 cm³/mol. The lowest BCUT2D eigenvalue weighted by atomic mass is 10.0. The Kier molecular flexibility index (Phi) is 5.10. The lowest BCUT2D eigenvalue weighted by Gasteiger charge is -2.09. The van der Waals surface area contributed by atoms with Crippen LogP contribution in [0.4, 0.5) is 0 Å². The molecule has 3 heteroatoms. The Morgan fingerprint density at radius 1 is 0.778 bits per heavy atom. The highest BCUT2D eigenvalue weighted by molar-refractivity contribution is 5.86. The fourth-order valence-corrected chi connectivity index (χ4v) is 3.14. The average Bonchev–Trinajstić information content (AvgIpc) is 2.72. The Labute approximate surface area is 159 Å². The summed E-state index contributed by atoms with van der Waals surface area (Å²) in [7, 11) is 0. The molecule has 0 saturated heterocycles. The second-order valence-corrected chi connectivity index (χ2v) is 6.78. The van der Waals surface area contributed by atoms with Crippen molar-refractivity contribution in [2.75, 3.05) is 6.61 Å². The van der Waals surface area contributed by atoms with Gasteiger partial charge in [-0.2, -0.15) is 0 Å². The molecule has 3 nitrogen and oxygen atoms in total. The fourth-order valence-electron chi connectivity index (χ4n) is 3.14. The van der Waals surface area contributed by atoms with Gasteiger partial charge in [0.1, 0.15) is 5.75 Å². The van der Waals surface area contributed by atoms with Gasteiger partial charge in [0.25, 0.3) is 0 Å². The number of rotatable bonds is 6. The van der Waals surface area contributed by atoms with Crippen molar-refractivity contribution in [1.29, 1.82) is 0 Å². The van der Waals surface area contributed by atoms with Crippen LogP contribution in [-0.2, 0) is 6.42 Å². The molecule has 2 aromatic heterocycles. The van der Waals surface area contributed by atoms with Crippen LogP contribution in [0, 0.1) is 6.92 Å². The summed E-state index contributed by atoms with van der Waals surface area (Å²) in [5, 5.41) is 2.31. The number of benzene rings is 2. The number of aromatic nitrogens is 2. The van der Waals surface area contributed by atoms with Gasteiger partial charge in [-0.3, -0.25) is 9.97 Å². The second-order valence-electron chi connectivity index (χ2n) is 6.78. The van der Waals surface area contributed by atoms with Gasteiger partial charge < -0.3 is 4.74 Å². The van der Waals surface area contributed by atoms with Gasteiger partial charge in [-0.15, -0.1) is 0 Å². The van der Waals surface area contributed by atoms with Crippen molar-refractivity contribution < 1.29 is 4.74 Å². The standard InChI is InChI=1S/C24H22N2O/c1-18-4-6-19(7-5-18)3-2-12-27-24-14-23(16-26-17-24)20-8-9-22-15-25-11-10-21(22)13-20/h4-11,13-17H,2-3,12H2,1H3. The Bertz CT molecular complexity index is 1040. The number of aryl methyl sites for hydroxylation is 2. The van der Waals surface area contributed by atoms with Crippen LogP contribution in [-0.4, -0.2) is 16.6 Å². The molecule has 2 heterocycles. The van der Waals surface area contributed by atoms with Crippen molar-refractivity contribution >= 4 is 10.8 Å². The molecule has 2 aromatic carbocycles. The number of hydrogen-bond donors (Lipinski definition) is 0. The number of pyridine rings is 2. The van der Waals surface area contributed by atoms with E-state index in [2.05, 4.69) is 65.4 Å². The lowest BCUT2D eigenvalue weighted by molar-refractivity contribution is 0.310. The lowest BCUT2D eigenvalue weighted by Crippen LogP contribution is -2.00. The molecule has 0 radical (unpaired) electrons. The Morgan fingerprint density at radius 2 is 1.67 bits per heavy atom. The number of fused-ring (bicyclic) bond motifs is 1. The molecule has 0 amide bonds. The Balaban J connectivity index is 1.40. The molecule has 27 heavy (non-hydrogen) atoms. The molecule has 0 aliphatic heterocycles. The van der Waals surface area contributed by atoms with Gasteiger partial charge in [0.05, 0.1) is 12.8 Å². The molecule has 0 spiro atoms. The highest BCUT2D eigenvalue weighted by atomic mass is 16.5. The summed E-state index contributed by atoms with van der Waals surface area (Å²) in [6.07, 6.45) is 9.35. The molecule has 0 saturated carbocycles. The van der Waals surface area contributed by atoms with Gasteiger partial charge in [0, 0.05) is 29.5 Å². The van der Waals surface area contributed by atoms with Crippen LogP contribution in [0.25, 0.3) is 21.9 Å². The summed E-state index contributed by atoms with van der Waals surface area (Å²) >= 11 is 0. The SMILES string of the molecule is Cc1ccc(CCCOc2cncc(-c3ccc4cnccc4c3)c2)cc1. The molecule has 0 fully saturated rings. The van der Waals surface area contributed by atoms with E-state index in [1.165, 1.54) is 16.5 Å². The van der Waals surface area contributed by atoms with Gasteiger partial charge in [-0.1, -0.05) is 42.0 Å². The van der Waals surface area contributed by atoms with E-state index >= 15 is 0 Å². The molecule has 0 atom stereocenters. The van der Waals surface area contributed by atoms with E-state index in [1.807, 2.05) is 24.7 Å². The van der Waals surface area contributed by atoms with E-state index in [9.17, 15) is 0 Å². The fraction of sp³-hybridized carbons (Fsp3) is 0.167. The maximum absolute atomic E-state index is 5.93. The quantitative estimate of drug-likeness (QED) is 0.422. The van der Waals surface area contributed by atoms with E-state index in [4.69, 9.17) is 4.74 Å². The first kappa shape index (κ1) is 17.2. The third kappa shape index (κ3) is 4.32. The summed E-state index contributed by atoms with van der Waals surface area (Å²) in [6.45, 7) is 2.79. The van der Waals surface area contributed by atoms with E-state index in [1.54, 1.807) is 6.20 Å². The van der Waals surface area contributed by atoms with E-state index in [0.717, 1.165) is 35.1 Å². The minimum absolute atomic E-state index is 0.683. The Hall–Kier alpha value is -3.20. The van der Waals surface area contributed by atoms with Crippen LogP contribution in [0.15, 0.2) is 79.4 Å². The molecular weight excluding hydrogens is 332 g/mol. The van der Waals surface area contributed by atoms with E-state index < -0.39 is 0 Å². The van der Waals surface area contributed by atoms with Crippen molar-refractivity contribution in [2.45, 2.75) is 19.8 Å². The number of ether oxygens (including phenoxy) is 1. The van der Waals surface area contributed by atoms with Crippen LogP contribution >= 0.6 is 0 Å². The minimum atomic E-state index is 0.683. The predicted octanol–water partition coefficient (Wildman–Crippen LogP) is 5.62. The topological polar surface area (TPSA) is 35.0 Å². The Morgan fingerprint density at radius 3 is 2.56 bits per heavy atom. The summed E-state index contributed by atoms with van der Waals surface area (Å²) in [6, 6.07) is 19.1. The van der Waals surface area contributed by atoms with Crippen LogP contribution in [0.5, 0.6) is 5.75 Å². The second kappa shape index (κ2) is 8.00. The third-order valence-electron chi connectivity index (χ3n) is 4.69. The van der Waals surface area contributed by atoms with Crippen molar-refractivity contribution in [3.63, 3.8) is 0 Å². The van der Waals surface area contributed by atoms with E-state index in [0.29, 0.717) is 6.61 Å². The zero-order valence-corrected chi connectivity index (χ0v) is 15.4. The summed E-state index contributed by atoms with van der Waals surface area (Å²) in [5.41, 5.74) is 4.83. The molecule has 4 rings (SSSR count). The van der Waals surface area contributed by atoms with Gasteiger partial charge in [-0.05, 0) is 54.5 Å². The monoisotopic (exact) mass is 354 g/mol. The molecular formula is C24H22N2O. The van der Waals surface area contributed by atoms with Gasteiger partial charge >= 0.3 is 0 Å². The summed E-state index contributed by atoms with van der Waals surface area (Å²) < 4.78 is 5.93. The van der Waals surface area contributed by atoms with Crippen LogP contribution in [0.3, 0.4) is 0 Å². The minimum Gasteiger partial charge on any atom is -0.492 e. The zero-order chi connectivity index (χ0) is 18.5. The molecule has 0 aliphatic carbocycles. The third-order valence-corrected chi connectivity index (χ3v) is 4.69. The largest absolute Gasteiger partial charge is 0.492 e. The highest BCUT2D eigenvalue weighted by Gasteiger charge is 2.03. The molecule has 4 aromatic rings. The smallest absolute Gasteiger partial charge is 0.138 e. The van der Waals surface area contributed by atoms with E-state index in [-0.39, 0.29) is 0 Å². The summed E-state index contributed by atoms with van der Waals surface area (Å²) in [5.74, 6) is 0.811. The molecule has 0 bridgehead atoms. The normalized spacial score (nSPS) is 10.9. The first-order valence-electron chi connectivity index (χ1n) is 9.25. The first-order chi connectivity index (χ1) is 13.3. The van der Waals surface area contributed by atoms with Crippen LogP contribution < -0.4 is 4.74 Å². The van der Waals surface area contributed by atoms with Gasteiger partial charge in [-0.25, -0.2) is 0 Å². The van der Waals surface area contributed by atoms with Gasteiger partial charge in [0.2, 0.25) is 0 Å². The van der Waals surface area contributed by atoms with Gasteiger partial charge in [0.15, 0.2) is 0 Å². The molecule has 0 unspecified atom stereocenters. The maximum atomic E-state index is 5.93. The summed E-state index contributed by atoms with van der Waals surface area (Å²) in [4.78, 5) is 8.52.